The quantitative estimate of drug-likeness (QED) is 0.511. The molecule has 4 N–H and O–H groups in total. The molecule has 17 heavy (non-hydrogen) atoms. The van der Waals surface area contributed by atoms with E-state index < -0.39 is 12.0 Å². The molecule has 2 amide bonds. The molecule has 0 aliphatic heterocycles. The first-order valence-corrected chi connectivity index (χ1v) is 5.01. The van der Waals surface area contributed by atoms with E-state index in [0.717, 1.165) is 4.90 Å². The maximum Gasteiger partial charge on any atom is 0.328 e. The maximum absolute atomic E-state index is 13.2. The highest BCUT2D eigenvalue weighted by atomic mass is 19.1. The summed E-state index contributed by atoms with van der Waals surface area (Å²) in [6.07, 6.45) is 0. The number of halogens is 1. The van der Waals surface area contributed by atoms with Gasteiger partial charge in [-0.3, -0.25) is 5.41 Å². The zero-order valence-corrected chi connectivity index (χ0v) is 9.97. The van der Waals surface area contributed by atoms with Gasteiger partial charge in [-0.05, 0) is 37.1 Å². The van der Waals surface area contributed by atoms with Gasteiger partial charge in [0.2, 0.25) is 5.96 Å². The zero-order chi connectivity index (χ0) is 13.2. The van der Waals surface area contributed by atoms with Crippen molar-refractivity contribution >= 4 is 17.7 Å². The van der Waals surface area contributed by atoms with Gasteiger partial charge in [-0.15, -0.1) is 0 Å². The molecule has 0 spiro atoms. The molecule has 0 aliphatic carbocycles. The fourth-order valence-corrected chi connectivity index (χ4v) is 1.70. The summed E-state index contributed by atoms with van der Waals surface area (Å²) < 4.78 is 13.2. The van der Waals surface area contributed by atoms with Gasteiger partial charge < -0.3 is 11.1 Å². The van der Waals surface area contributed by atoms with Gasteiger partial charge in [0.05, 0.1) is 5.69 Å². The Hall–Kier alpha value is -2.11. The lowest BCUT2D eigenvalue weighted by Gasteiger charge is -2.23. The van der Waals surface area contributed by atoms with Crippen LogP contribution >= 0.6 is 0 Å². The highest BCUT2D eigenvalue weighted by molar-refractivity contribution is 6.14. The second-order valence-corrected chi connectivity index (χ2v) is 3.66. The minimum atomic E-state index is -0.532. The lowest BCUT2D eigenvalue weighted by molar-refractivity contribution is 0.251. The molecule has 6 heteroatoms. The van der Waals surface area contributed by atoms with E-state index in [1.54, 1.807) is 13.8 Å². The van der Waals surface area contributed by atoms with Crippen LogP contribution in [0.1, 0.15) is 11.1 Å². The van der Waals surface area contributed by atoms with Gasteiger partial charge in [0.1, 0.15) is 5.82 Å². The van der Waals surface area contributed by atoms with Crippen LogP contribution in [0.15, 0.2) is 12.1 Å². The van der Waals surface area contributed by atoms with Crippen LogP contribution in [0.4, 0.5) is 14.9 Å². The maximum atomic E-state index is 13.2. The zero-order valence-electron chi connectivity index (χ0n) is 9.97. The second-order valence-electron chi connectivity index (χ2n) is 3.66. The molecule has 1 rings (SSSR count). The number of guanidine groups is 1. The van der Waals surface area contributed by atoms with Gasteiger partial charge in [-0.2, -0.15) is 0 Å². The van der Waals surface area contributed by atoms with Crippen LogP contribution in [-0.4, -0.2) is 19.0 Å². The largest absolute Gasteiger partial charge is 0.369 e. The Morgan fingerprint density at radius 3 is 2.24 bits per heavy atom. The highest BCUT2D eigenvalue weighted by Crippen LogP contribution is 2.25. The van der Waals surface area contributed by atoms with Gasteiger partial charge in [-0.25, -0.2) is 14.1 Å². The average Bonchev–Trinajstić information content (AvgIpc) is 2.21. The first-order valence-electron chi connectivity index (χ1n) is 5.01. The third kappa shape index (κ3) is 2.52. The summed E-state index contributed by atoms with van der Waals surface area (Å²) in [5.41, 5.74) is 6.89. The van der Waals surface area contributed by atoms with Crippen molar-refractivity contribution in [1.29, 1.82) is 5.41 Å². The monoisotopic (exact) mass is 238 g/mol. The van der Waals surface area contributed by atoms with E-state index in [4.69, 9.17) is 11.1 Å². The van der Waals surface area contributed by atoms with Crippen LogP contribution in [0.2, 0.25) is 0 Å². The van der Waals surface area contributed by atoms with Gasteiger partial charge in [0.15, 0.2) is 0 Å². The molecule has 0 aliphatic rings. The van der Waals surface area contributed by atoms with Crippen molar-refractivity contribution in [3.05, 3.63) is 29.1 Å². The number of hydrogen-bond acceptors (Lipinski definition) is 2. The molecular weight excluding hydrogens is 223 g/mol. The molecule has 5 nitrogen and oxygen atoms in total. The molecular formula is C11H15FN4O. The topological polar surface area (TPSA) is 82.2 Å². The summed E-state index contributed by atoms with van der Waals surface area (Å²) in [7, 11) is 1.44. The second kappa shape index (κ2) is 4.82. The van der Waals surface area contributed by atoms with Crippen LogP contribution in [0.3, 0.4) is 0 Å². The van der Waals surface area contributed by atoms with Crippen molar-refractivity contribution in [3.8, 4) is 0 Å². The predicted molar refractivity (Wildman–Crippen MR) is 64.7 cm³/mol. The van der Waals surface area contributed by atoms with E-state index in [0.29, 0.717) is 16.8 Å². The summed E-state index contributed by atoms with van der Waals surface area (Å²) in [6.45, 7) is 3.31. The Morgan fingerprint density at radius 2 is 1.88 bits per heavy atom. The number of carbonyl (C=O) groups is 1. The Kier molecular flexibility index (Phi) is 3.67. The van der Waals surface area contributed by atoms with Crippen molar-refractivity contribution in [2.24, 2.45) is 5.73 Å². The Morgan fingerprint density at radius 1 is 1.41 bits per heavy atom. The summed E-state index contributed by atoms with van der Waals surface area (Å²) in [6, 6.07) is 2.05. The Bertz CT molecular complexity index is 450. The molecule has 1 aromatic rings. The smallest absolute Gasteiger partial charge is 0.328 e. The third-order valence-corrected chi connectivity index (χ3v) is 2.34. The van der Waals surface area contributed by atoms with Crippen LogP contribution in [0, 0.1) is 25.1 Å². The summed E-state index contributed by atoms with van der Waals surface area (Å²) in [5.74, 6) is -0.800. The first-order chi connectivity index (χ1) is 7.88. The number of rotatable bonds is 1. The Labute approximate surface area is 98.9 Å². The van der Waals surface area contributed by atoms with Crippen molar-refractivity contribution in [2.75, 3.05) is 11.9 Å². The number of hydrogen-bond donors (Lipinski definition) is 3. The van der Waals surface area contributed by atoms with Crippen molar-refractivity contribution in [2.45, 2.75) is 13.8 Å². The minimum absolute atomic E-state index is 0.385. The summed E-state index contributed by atoms with van der Waals surface area (Å²) in [4.78, 5) is 12.6. The number of benzene rings is 1. The number of nitrogens with two attached hydrogens (primary N) is 1. The molecule has 1 aromatic carbocycles. The van der Waals surface area contributed by atoms with Crippen molar-refractivity contribution in [1.82, 2.24) is 5.32 Å². The number of anilines is 1. The summed E-state index contributed by atoms with van der Waals surface area (Å²) >= 11 is 0. The number of urea groups is 1. The lowest BCUT2D eigenvalue weighted by Crippen LogP contribution is -2.46. The molecule has 0 unspecified atom stereocenters. The molecule has 0 radical (unpaired) electrons. The van der Waals surface area contributed by atoms with E-state index in [2.05, 4.69) is 5.32 Å². The average molecular weight is 238 g/mol. The fraction of sp³-hybridized carbons (Fsp3) is 0.273. The van der Waals surface area contributed by atoms with Crippen molar-refractivity contribution in [3.63, 3.8) is 0 Å². The molecule has 0 heterocycles. The Balaban J connectivity index is 3.38. The molecule has 0 aromatic heterocycles. The van der Waals surface area contributed by atoms with E-state index in [9.17, 15) is 9.18 Å². The van der Waals surface area contributed by atoms with Gasteiger partial charge in [-0.1, -0.05) is 0 Å². The molecule has 0 atom stereocenters. The molecule has 0 bridgehead atoms. The minimum Gasteiger partial charge on any atom is -0.369 e. The number of aryl methyl sites for hydroxylation is 2. The van der Waals surface area contributed by atoms with E-state index >= 15 is 0 Å². The molecule has 92 valence electrons. The van der Waals surface area contributed by atoms with Crippen LogP contribution in [0.5, 0.6) is 0 Å². The van der Waals surface area contributed by atoms with Crippen LogP contribution in [-0.2, 0) is 0 Å². The van der Waals surface area contributed by atoms with Crippen LogP contribution < -0.4 is 16.0 Å². The predicted octanol–water partition coefficient (Wildman–Crippen LogP) is 1.48. The molecule has 0 fully saturated rings. The normalized spacial score (nSPS) is 9.88. The fourth-order valence-electron chi connectivity index (χ4n) is 1.70. The van der Waals surface area contributed by atoms with Gasteiger partial charge in [0.25, 0.3) is 0 Å². The number of amides is 2. The lowest BCUT2D eigenvalue weighted by atomic mass is 10.1. The summed E-state index contributed by atoms with van der Waals surface area (Å²) in [5, 5.41) is 9.81. The number of nitrogens with one attached hydrogen (secondary N) is 2. The van der Waals surface area contributed by atoms with Crippen molar-refractivity contribution < 1.29 is 9.18 Å². The van der Waals surface area contributed by atoms with E-state index in [1.165, 1.54) is 19.2 Å². The van der Waals surface area contributed by atoms with Gasteiger partial charge >= 0.3 is 6.03 Å². The molecule has 0 saturated carbocycles. The van der Waals surface area contributed by atoms with E-state index in [1.807, 2.05) is 0 Å². The molecule has 0 saturated heterocycles. The third-order valence-electron chi connectivity index (χ3n) is 2.34. The number of carbonyl (C=O) groups excluding carboxylic acids is 1. The standard InChI is InChI=1S/C11H15FN4O/c1-6-4-8(12)5-7(2)9(6)16(10(13)14)11(17)15-3/h4-5H,1-3H3,(H3,13,14)(H,15,17). The first kappa shape index (κ1) is 13.0. The highest BCUT2D eigenvalue weighted by Gasteiger charge is 2.21. The SMILES string of the molecule is CNC(=O)N(C(=N)N)c1c(C)cc(F)cc1C. The number of nitrogens with zero attached hydrogens (tertiary/aromatic N) is 1. The van der Waals surface area contributed by atoms with Gasteiger partial charge in [0, 0.05) is 7.05 Å². The van der Waals surface area contributed by atoms with E-state index in [-0.39, 0.29) is 5.82 Å². The van der Waals surface area contributed by atoms with Crippen LogP contribution in [0.25, 0.3) is 0 Å².